The van der Waals surface area contributed by atoms with Gasteiger partial charge in [0, 0.05) is 0 Å². The smallest absolute Gasteiger partial charge is 0.127 e. The minimum absolute atomic E-state index is 0.0940. The van der Waals surface area contributed by atoms with E-state index < -0.39 is 6.04 Å². The molecule has 2 N–H and O–H groups in total. The molecule has 0 heterocycles. The summed E-state index contributed by atoms with van der Waals surface area (Å²) in [5.41, 5.74) is 6.76. The van der Waals surface area contributed by atoms with E-state index >= 15 is 0 Å². The molecule has 0 saturated carbocycles. The Balaban J connectivity index is 2.73. The van der Waals surface area contributed by atoms with Crippen LogP contribution in [0.5, 0.6) is 5.75 Å². The monoisotopic (exact) mass is 218 g/mol. The molecule has 1 aromatic rings. The molecule has 0 aliphatic heterocycles. The molecule has 0 aromatic heterocycles. The molecular weight excluding hydrogens is 200 g/mol. The summed E-state index contributed by atoms with van der Waals surface area (Å²) in [7, 11) is 0. The molecule has 0 fully saturated rings. The summed E-state index contributed by atoms with van der Waals surface area (Å²) in [6, 6.07) is 9.25. The molecule has 1 unspecified atom stereocenters. The van der Waals surface area contributed by atoms with Crippen molar-refractivity contribution in [3.05, 3.63) is 29.8 Å². The fourth-order valence-electron chi connectivity index (χ4n) is 1.28. The molecule has 86 valence electrons. The Kier molecular flexibility index (Phi) is 3.92. The van der Waals surface area contributed by atoms with Crippen LogP contribution in [0, 0.1) is 11.3 Å². The van der Waals surface area contributed by atoms with Gasteiger partial charge in [-0.05, 0) is 23.1 Å². The topological polar surface area (TPSA) is 59.0 Å². The number of nitrogens with zero attached hydrogens (tertiary/aromatic N) is 1. The Labute approximate surface area is 96.8 Å². The third kappa shape index (κ3) is 3.56. The van der Waals surface area contributed by atoms with Crippen molar-refractivity contribution in [1.29, 1.82) is 5.26 Å². The van der Waals surface area contributed by atoms with E-state index in [1.807, 2.05) is 24.3 Å². The lowest BCUT2D eigenvalue weighted by Crippen LogP contribution is -2.25. The second kappa shape index (κ2) is 5.00. The first-order valence-electron chi connectivity index (χ1n) is 5.32. The number of benzene rings is 1. The van der Waals surface area contributed by atoms with Crippen LogP contribution in [0.1, 0.15) is 26.3 Å². The number of nitrogens with two attached hydrogens (primary N) is 1. The Morgan fingerprint density at radius 3 is 2.69 bits per heavy atom. The lowest BCUT2D eigenvalue weighted by atomic mass is 9.87. The SMILES string of the molecule is CC(C)(C)c1cccc(OCC(N)C#N)c1. The van der Waals surface area contributed by atoms with Crippen molar-refractivity contribution in [2.75, 3.05) is 6.61 Å². The van der Waals surface area contributed by atoms with Crippen LogP contribution in [0.2, 0.25) is 0 Å². The van der Waals surface area contributed by atoms with Gasteiger partial charge in [-0.3, -0.25) is 0 Å². The first-order valence-corrected chi connectivity index (χ1v) is 5.32. The zero-order valence-electron chi connectivity index (χ0n) is 10.0. The van der Waals surface area contributed by atoms with Crippen molar-refractivity contribution < 1.29 is 4.74 Å². The summed E-state index contributed by atoms with van der Waals surface area (Å²) in [6.07, 6.45) is 0. The highest BCUT2D eigenvalue weighted by molar-refractivity contribution is 5.32. The van der Waals surface area contributed by atoms with E-state index in [0.717, 1.165) is 5.75 Å². The maximum Gasteiger partial charge on any atom is 0.127 e. The molecule has 0 bridgehead atoms. The standard InChI is InChI=1S/C13H18N2O/c1-13(2,3)10-5-4-6-12(7-10)16-9-11(15)8-14/h4-7,11H,9,15H2,1-3H3. The van der Waals surface area contributed by atoms with Gasteiger partial charge in [-0.2, -0.15) is 5.26 Å². The average Bonchev–Trinajstić information content (AvgIpc) is 2.25. The predicted molar refractivity (Wildman–Crippen MR) is 64.2 cm³/mol. The van der Waals surface area contributed by atoms with E-state index in [1.54, 1.807) is 0 Å². The second-order valence-corrected chi connectivity index (χ2v) is 4.82. The van der Waals surface area contributed by atoms with Crippen molar-refractivity contribution >= 4 is 0 Å². The highest BCUT2D eigenvalue weighted by Gasteiger charge is 2.14. The molecule has 3 heteroatoms. The number of rotatable bonds is 3. The quantitative estimate of drug-likeness (QED) is 0.846. The summed E-state index contributed by atoms with van der Waals surface area (Å²) in [4.78, 5) is 0. The van der Waals surface area contributed by atoms with Crippen molar-refractivity contribution in [2.24, 2.45) is 5.73 Å². The van der Waals surface area contributed by atoms with Crippen LogP contribution in [0.15, 0.2) is 24.3 Å². The van der Waals surface area contributed by atoms with E-state index in [-0.39, 0.29) is 12.0 Å². The highest BCUT2D eigenvalue weighted by Crippen LogP contribution is 2.25. The molecular formula is C13H18N2O. The minimum Gasteiger partial charge on any atom is -0.491 e. The van der Waals surface area contributed by atoms with Crippen LogP contribution in [0.25, 0.3) is 0 Å². The number of hydrogen-bond donors (Lipinski definition) is 1. The van der Waals surface area contributed by atoms with Gasteiger partial charge in [-0.25, -0.2) is 0 Å². The van der Waals surface area contributed by atoms with E-state index in [1.165, 1.54) is 5.56 Å². The van der Waals surface area contributed by atoms with Gasteiger partial charge < -0.3 is 10.5 Å². The molecule has 16 heavy (non-hydrogen) atoms. The summed E-state index contributed by atoms with van der Waals surface area (Å²) < 4.78 is 5.45. The van der Waals surface area contributed by atoms with E-state index in [9.17, 15) is 0 Å². The Bertz CT molecular complexity index is 388. The lowest BCUT2D eigenvalue weighted by Gasteiger charge is -2.19. The van der Waals surface area contributed by atoms with Crippen molar-refractivity contribution in [2.45, 2.75) is 32.2 Å². The van der Waals surface area contributed by atoms with E-state index in [2.05, 4.69) is 26.8 Å². The maximum atomic E-state index is 8.54. The molecule has 0 aliphatic carbocycles. The van der Waals surface area contributed by atoms with Gasteiger partial charge in [0.15, 0.2) is 0 Å². The second-order valence-electron chi connectivity index (χ2n) is 4.82. The molecule has 1 aromatic carbocycles. The van der Waals surface area contributed by atoms with Gasteiger partial charge >= 0.3 is 0 Å². The number of nitriles is 1. The Morgan fingerprint density at radius 1 is 1.44 bits per heavy atom. The molecule has 1 atom stereocenters. The van der Waals surface area contributed by atoms with Gasteiger partial charge in [0.05, 0.1) is 6.07 Å². The van der Waals surface area contributed by atoms with Crippen LogP contribution in [0.3, 0.4) is 0 Å². The van der Waals surface area contributed by atoms with E-state index in [4.69, 9.17) is 15.7 Å². The van der Waals surface area contributed by atoms with Crippen molar-refractivity contribution in [3.63, 3.8) is 0 Å². The third-order valence-corrected chi connectivity index (χ3v) is 2.30. The maximum absolute atomic E-state index is 8.54. The first-order chi connectivity index (χ1) is 7.43. The van der Waals surface area contributed by atoms with Crippen LogP contribution in [0.4, 0.5) is 0 Å². The van der Waals surface area contributed by atoms with E-state index in [0.29, 0.717) is 0 Å². The molecule has 0 spiro atoms. The van der Waals surface area contributed by atoms with Crippen LogP contribution < -0.4 is 10.5 Å². The van der Waals surface area contributed by atoms with Gasteiger partial charge in [0.1, 0.15) is 18.4 Å². The molecule has 3 nitrogen and oxygen atoms in total. The number of ether oxygens (including phenoxy) is 1. The molecule has 0 saturated heterocycles. The van der Waals surface area contributed by atoms with Gasteiger partial charge in [0.2, 0.25) is 0 Å². The zero-order chi connectivity index (χ0) is 12.2. The van der Waals surface area contributed by atoms with Crippen LogP contribution in [-0.4, -0.2) is 12.6 Å². The Morgan fingerprint density at radius 2 is 2.12 bits per heavy atom. The summed E-state index contributed by atoms with van der Waals surface area (Å²) in [5, 5.41) is 8.54. The zero-order valence-corrected chi connectivity index (χ0v) is 10.0. The largest absolute Gasteiger partial charge is 0.491 e. The molecule has 0 aliphatic rings. The Hall–Kier alpha value is -1.53. The molecule has 0 radical (unpaired) electrons. The van der Waals surface area contributed by atoms with Crippen molar-refractivity contribution in [3.8, 4) is 11.8 Å². The minimum atomic E-state index is -0.571. The molecule has 1 rings (SSSR count). The summed E-state index contributed by atoms with van der Waals surface area (Å²) in [6.45, 7) is 6.66. The highest BCUT2D eigenvalue weighted by atomic mass is 16.5. The van der Waals surface area contributed by atoms with Gasteiger partial charge in [0.25, 0.3) is 0 Å². The van der Waals surface area contributed by atoms with Gasteiger partial charge in [-0.15, -0.1) is 0 Å². The van der Waals surface area contributed by atoms with Crippen LogP contribution in [-0.2, 0) is 5.41 Å². The van der Waals surface area contributed by atoms with Crippen LogP contribution >= 0.6 is 0 Å². The molecule has 0 amide bonds. The summed E-state index contributed by atoms with van der Waals surface area (Å²) >= 11 is 0. The summed E-state index contributed by atoms with van der Waals surface area (Å²) in [5.74, 6) is 0.762. The third-order valence-electron chi connectivity index (χ3n) is 2.30. The normalized spacial score (nSPS) is 12.9. The van der Waals surface area contributed by atoms with Crippen molar-refractivity contribution in [1.82, 2.24) is 0 Å². The first kappa shape index (κ1) is 12.5. The van der Waals surface area contributed by atoms with Gasteiger partial charge in [-0.1, -0.05) is 32.9 Å². The number of hydrogen-bond acceptors (Lipinski definition) is 3. The fraction of sp³-hybridized carbons (Fsp3) is 0.462. The average molecular weight is 218 g/mol. The predicted octanol–water partition coefficient (Wildman–Crippen LogP) is 2.21. The fourth-order valence-corrected chi connectivity index (χ4v) is 1.28. The lowest BCUT2D eigenvalue weighted by molar-refractivity contribution is 0.308.